The molecular formula is C20H23N5O. The number of benzene rings is 1. The maximum atomic E-state index is 12.3. The fraction of sp³-hybridized carbons (Fsp3) is 0.250. The molecule has 2 aromatic heterocycles. The Morgan fingerprint density at radius 1 is 1.08 bits per heavy atom. The van der Waals surface area contributed by atoms with Gasteiger partial charge >= 0.3 is 6.03 Å². The molecule has 0 aliphatic heterocycles. The highest BCUT2D eigenvalue weighted by molar-refractivity contribution is 5.74. The number of rotatable bonds is 6. The molecule has 3 aromatic rings. The van der Waals surface area contributed by atoms with E-state index in [0.717, 1.165) is 22.5 Å². The highest BCUT2D eigenvalue weighted by Crippen LogP contribution is 2.19. The van der Waals surface area contributed by atoms with Crippen molar-refractivity contribution in [3.05, 3.63) is 72.2 Å². The number of nitrogens with zero attached hydrogens (tertiary/aromatic N) is 2. The standard InChI is InChI=1S/C20H23N5O/c1-14(2)19(18-5-3-4-11-21-18)24-20(26)22-13-15-6-8-16(9-7-15)17-10-12-23-25-17/h3-12,14,19H,13H2,1-2H3,(H,23,25)(H2,22,24,26). The van der Waals surface area contributed by atoms with Gasteiger partial charge in [0.25, 0.3) is 0 Å². The number of hydrogen-bond acceptors (Lipinski definition) is 3. The van der Waals surface area contributed by atoms with Gasteiger partial charge in [0.2, 0.25) is 0 Å². The van der Waals surface area contributed by atoms with E-state index in [0.29, 0.717) is 6.54 Å². The van der Waals surface area contributed by atoms with E-state index < -0.39 is 0 Å². The summed E-state index contributed by atoms with van der Waals surface area (Å²) in [6.45, 7) is 4.59. The zero-order valence-electron chi connectivity index (χ0n) is 14.9. The van der Waals surface area contributed by atoms with Crippen molar-refractivity contribution in [2.75, 3.05) is 0 Å². The molecule has 0 aliphatic rings. The fourth-order valence-electron chi connectivity index (χ4n) is 2.74. The minimum absolute atomic E-state index is 0.126. The summed E-state index contributed by atoms with van der Waals surface area (Å²) in [6.07, 6.45) is 3.47. The summed E-state index contributed by atoms with van der Waals surface area (Å²) in [4.78, 5) is 16.7. The molecule has 2 amide bonds. The van der Waals surface area contributed by atoms with E-state index >= 15 is 0 Å². The second kappa shape index (κ2) is 8.29. The number of hydrogen-bond donors (Lipinski definition) is 3. The summed E-state index contributed by atoms with van der Waals surface area (Å²) in [5, 5.41) is 12.8. The first kappa shape index (κ1) is 17.7. The second-order valence-electron chi connectivity index (χ2n) is 6.47. The molecule has 1 aromatic carbocycles. The zero-order chi connectivity index (χ0) is 18.4. The number of aromatic nitrogens is 3. The zero-order valence-corrected chi connectivity index (χ0v) is 14.9. The van der Waals surface area contributed by atoms with Crippen molar-refractivity contribution in [2.45, 2.75) is 26.4 Å². The van der Waals surface area contributed by atoms with Gasteiger partial charge in [-0.3, -0.25) is 10.1 Å². The van der Waals surface area contributed by atoms with Gasteiger partial charge in [0.05, 0.1) is 17.4 Å². The minimum atomic E-state index is -0.202. The van der Waals surface area contributed by atoms with E-state index in [1.54, 1.807) is 12.4 Å². The van der Waals surface area contributed by atoms with Gasteiger partial charge in [-0.05, 0) is 35.2 Å². The summed E-state index contributed by atoms with van der Waals surface area (Å²) in [6, 6.07) is 15.3. The molecule has 0 fully saturated rings. The molecule has 0 bridgehead atoms. The molecule has 0 saturated carbocycles. The van der Waals surface area contributed by atoms with Crippen molar-refractivity contribution < 1.29 is 4.79 Å². The van der Waals surface area contributed by atoms with Crippen LogP contribution in [0.3, 0.4) is 0 Å². The number of carbonyl (C=O) groups is 1. The quantitative estimate of drug-likeness (QED) is 0.635. The third-order valence-corrected chi connectivity index (χ3v) is 4.18. The van der Waals surface area contributed by atoms with Crippen molar-refractivity contribution in [1.82, 2.24) is 25.8 Å². The smallest absolute Gasteiger partial charge is 0.315 e. The second-order valence-corrected chi connectivity index (χ2v) is 6.47. The number of urea groups is 1. The topological polar surface area (TPSA) is 82.7 Å². The van der Waals surface area contributed by atoms with Gasteiger partial charge in [-0.2, -0.15) is 5.10 Å². The average Bonchev–Trinajstić information content (AvgIpc) is 3.20. The van der Waals surface area contributed by atoms with Gasteiger partial charge < -0.3 is 10.6 Å². The fourth-order valence-corrected chi connectivity index (χ4v) is 2.74. The number of nitrogens with one attached hydrogen (secondary N) is 3. The molecule has 3 N–H and O–H groups in total. The monoisotopic (exact) mass is 349 g/mol. The van der Waals surface area contributed by atoms with Crippen LogP contribution in [-0.2, 0) is 6.54 Å². The van der Waals surface area contributed by atoms with Gasteiger partial charge in [-0.25, -0.2) is 4.79 Å². The van der Waals surface area contributed by atoms with E-state index in [4.69, 9.17) is 0 Å². The highest BCUT2D eigenvalue weighted by atomic mass is 16.2. The van der Waals surface area contributed by atoms with E-state index in [2.05, 4.69) is 39.7 Å². The summed E-state index contributed by atoms with van der Waals surface area (Å²) < 4.78 is 0. The number of pyridine rings is 1. The summed E-state index contributed by atoms with van der Waals surface area (Å²) in [5.74, 6) is 0.240. The molecule has 1 atom stereocenters. The highest BCUT2D eigenvalue weighted by Gasteiger charge is 2.19. The molecule has 26 heavy (non-hydrogen) atoms. The lowest BCUT2D eigenvalue weighted by molar-refractivity contribution is 0.232. The van der Waals surface area contributed by atoms with Crippen LogP contribution < -0.4 is 10.6 Å². The van der Waals surface area contributed by atoms with Crippen molar-refractivity contribution in [3.63, 3.8) is 0 Å². The minimum Gasteiger partial charge on any atom is -0.334 e. The van der Waals surface area contributed by atoms with E-state index in [9.17, 15) is 4.79 Å². The molecule has 6 nitrogen and oxygen atoms in total. The van der Waals surface area contributed by atoms with Gasteiger partial charge in [0.1, 0.15) is 0 Å². The van der Waals surface area contributed by atoms with Gasteiger partial charge in [0.15, 0.2) is 0 Å². The van der Waals surface area contributed by atoms with Crippen molar-refractivity contribution >= 4 is 6.03 Å². The number of amides is 2. The Labute approximate surface area is 153 Å². The molecule has 0 spiro atoms. The van der Waals surface area contributed by atoms with Crippen LogP contribution in [0.2, 0.25) is 0 Å². The van der Waals surface area contributed by atoms with Crippen molar-refractivity contribution in [3.8, 4) is 11.3 Å². The average molecular weight is 349 g/mol. The van der Waals surface area contributed by atoms with Gasteiger partial charge in [0, 0.05) is 18.9 Å². The Hall–Kier alpha value is -3.15. The normalized spacial score (nSPS) is 12.0. The Kier molecular flexibility index (Phi) is 5.63. The Balaban J connectivity index is 1.56. The van der Waals surface area contributed by atoms with Gasteiger partial charge in [-0.1, -0.05) is 44.2 Å². The molecule has 0 saturated heterocycles. The number of H-pyrrole nitrogens is 1. The van der Waals surface area contributed by atoms with E-state index in [1.807, 2.05) is 48.5 Å². The molecule has 1 unspecified atom stereocenters. The lowest BCUT2D eigenvalue weighted by atomic mass is 10.0. The van der Waals surface area contributed by atoms with Crippen LogP contribution in [0.4, 0.5) is 4.79 Å². The first-order valence-electron chi connectivity index (χ1n) is 8.67. The molecular weight excluding hydrogens is 326 g/mol. The number of carbonyl (C=O) groups excluding carboxylic acids is 1. The van der Waals surface area contributed by atoms with Crippen LogP contribution in [0.15, 0.2) is 60.9 Å². The maximum absolute atomic E-state index is 12.3. The molecule has 0 radical (unpaired) electrons. The predicted molar refractivity (Wildman–Crippen MR) is 101 cm³/mol. The van der Waals surface area contributed by atoms with Crippen LogP contribution in [0, 0.1) is 5.92 Å². The van der Waals surface area contributed by atoms with Crippen molar-refractivity contribution in [2.24, 2.45) is 5.92 Å². The Morgan fingerprint density at radius 2 is 1.88 bits per heavy atom. The number of aromatic amines is 1. The summed E-state index contributed by atoms with van der Waals surface area (Å²) in [5.41, 5.74) is 3.92. The van der Waals surface area contributed by atoms with Crippen LogP contribution in [-0.4, -0.2) is 21.2 Å². The van der Waals surface area contributed by atoms with E-state index in [1.165, 1.54) is 0 Å². The maximum Gasteiger partial charge on any atom is 0.315 e. The largest absolute Gasteiger partial charge is 0.334 e. The molecule has 2 heterocycles. The van der Waals surface area contributed by atoms with Crippen LogP contribution in [0.1, 0.15) is 31.1 Å². The third-order valence-electron chi connectivity index (χ3n) is 4.18. The van der Waals surface area contributed by atoms with E-state index in [-0.39, 0.29) is 18.0 Å². The Morgan fingerprint density at radius 3 is 2.50 bits per heavy atom. The third kappa shape index (κ3) is 4.47. The first-order valence-corrected chi connectivity index (χ1v) is 8.67. The Bertz CT molecular complexity index is 813. The molecule has 134 valence electrons. The summed E-state index contributed by atoms with van der Waals surface area (Å²) in [7, 11) is 0. The van der Waals surface area contributed by atoms with Crippen molar-refractivity contribution in [1.29, 1.82) is 0 Å². The lowest BCUT2D eigenvalue weighted by Gasteiger charge is -2.22. The lowest BCUT2D eigenvalue weighted by Crippen LogP contribution is -2.39. The summed E-state index contributed by atoms with van der Waals surface area (Å²) >= 11 is 0. The van der Waals surface area contributed by atoms with Gasteiger partial charge in [-0.15, -0.1) is 0 Å². The predicted octanol–water partition coefficient (Wildman–Crippen LogP) is 3.67. The van der Waals surface area contributed by atoms with Crippen LogP contribution in [0.5, 0.6) is 0 Å². The van der Waals surface area contributed by atoms with Crippen LogP contribution >= 0.6 is 0 Å². The van der Waals surface area contributed by atoms with Crippen LogP contribution in [0.25, 0.3) is 11.3 Å². The first-order chi connectivity index (χ1) is 12.6. The molecule has 3 rings (SSSR count). The SMILES string of the molecule is CC(C)C(NC(=O)NCc1ccc(-c2ccn[nH]2)cc1)c1ccccn1. The molecule has 6 heteroatoms. The molecule has 0 aliphatic carbocycles.